The number of nitrogens with one attached hydrogen (secondary N) is 2. The van der Waals surface area contributed by atoms with Crippen molar-refractivity contribution in [2.75, 3.05) is 6.54 Å². The third-order valence-electron chi connectivity index (χ3n) is 4.07. The van der Waals surface area contributed by atoms with Crippen molar-refractivity contribution < 1.29 is 9.59 Å². The normalized spacial score (nSPS) is 22.6. The Hall–Kier alpha value is -1.36. The van der Waals surface area contributed by atoms with Gasteiger partial charge in [-0.25, -0.2) is 0 Å². The van der Waals surface area contributed by atoms with Crippen LogP contribution < -0.4 is 10.6 Å². The fourth-order valence-electron chi connectivity index (χ4n) is 2.89. The van der Waals surface area contributed by atoms with Crippen LogP contribution in [-0.4, -0.2) is 24.4 Å². The lowest BCUT2D eigenvalue weighted by molar-refractivity contribution is -0.122. The highest BCUT2D eigenvalue weighted by Gasteiger charge is 2.22. The molecule has 1 aromatic rings. The largest absolute Gasteiger partial charge is 0.354 e. The van der Waals surface area contributed by atoms with Crippen LogP contribution in [0.25, 0.3) is 0 Å². The summed E-state index contributed by atoms with van der Waals surface area (Å²) in [6.45, 7) is 0.551. The monoisotopic (exact) mass is 292 g/mol. The summed E-state index contributed by atoms with van der Waals surface area (Å²) in [7, 11) is 0. The number of amides is 2. The molecule has 108 valence electrons. The second-order valence-electron chi connectivity index (χ2n) is 5.63. The topological polar surface area (TPSA) is 58.2 Å². The molecule has 2 heterocycles. The number of carbonyl (C=O) groups excluding carboxylic acids is 2. The molecule has 2 amide bonds. The van der Waals surface area contributed by atoms with Gasteiger partial charge in [0, 0.05) is 23.9 Å². The van der Waals surface area contributed by atoms with Crippen molar-refractivity contribution in [2.24, 2.45) is 0 Å². The molecule has 0 saturated carbocycles. The van der Waals surface area contributed by atoms with Gasteiger partial charge in [-0.1, -0.05) is 6.42 Å². The summed E-state index contributed by atoms with van der Waals surface area (Å²) in [5, 5.41) is 5.83. The quantitative estimate of drug-likeness (QED) is 0.819. The zero-order chi connectivity index (χ0) is 13.9. The van der Waals surface area contributed by atoms with Gasteiger partial charge in [0.2, 0.25) is 5.91 Å². The van der Waals surface area contributed by atoms with Crippen LogP contribution in [0, 0.1) is 0 Å². The highest BCUT2D eigenvalue weighted by molar-refractivity contribution is 7.14. The second kappa shape index (κ2) is 5.95. The van der Waals surface area contributed by atoms with E-state index in [-0.39, 0.29) is 17.9 Å². The summed E-state index contributed by atoms with van der Waals surface area (Å²) in [5.74, 6) is 0.0996. The first kappa shape index (κ1) is 13.6. The molecule has 0 radical (unpaired) electrons. The first-order chi connectivity index (χ1) is 9.72. The number of rotatable bonds is 2. The Kier molecular flexibility index (Phi) is 4.05. The van der Waals surface area contributed by atoms with Gasteiger partial charge in [0.05, 0.1) is 4.88 Å². The van der Waals surface area contributed by atoms with Crippen molar-refractivity contribution in [1.82, 2.24) is 10.6 Å². The summed E-state index contributed by atoms with van der Waals surface area (Å²) in [5.41, 5.74) is 1.37. The summed E-state index contributed by atoms with van der Waals surface area (Å²) in [6, 6.07) is 2.14. The molecule has 1 aliphatic heterocycles. The van der Waals surface area contributed by atoms with Crippen molar-refractivity contribution >= 4 is 23.2 Å². The van der Waals surface area contributed by atoms with E-state index >= 15 is 0 Å². The van der Waals surface area contributed by atoms with Gasteiger partial charge in [-0.15, -0.1) is 11.3 Å². The van der Waals surface area contributed by atoms with Crippen LogP contribution in [-0.2, 0) is 17.6 Å². The van der Waals surface area contributed by atoms with E-state index in [1.165, 1.54) is 29.7 Å². The van der Waals surface area contributed by atoms with Crippen molar-refractivity contribution in [1.29, 1.82) is 0 Å². The average Bonchev–Trinajstić information content (AvgIpc) is 2.73. The SMILES string of the molecule is O=C1CCC(NC(=O)c2cc3c(s2)CCCCC3)CN1. The van der Waals surface area contributed by atoms with Crippen molar-refractivity contribution in [3.8, 4) is 0 Å². The van der Waals surface area contributed by atoms with Gasteiger partial charge in [0.25, 0.3) is 5.91 Å². The van der Waals surface area contributed by atoms with E-state index in [2.05, 4.69) is 16.7 Å². The van der Waals surface area contributed by atoms with Crippen LogP contribution in [0.1, 0.15) is 52.2 Å². The van der Waals surface area contributed by atoms with Gasteiger partial charge in [-0.3, -0.25) is 9.59 Å². The zero-order valence-electron chi connectivity index (χ0n) is 11.5. The molecule has 1 aromatic heterocycles. The lowest BCUT2D eigenvalue weighted by Gasteiger charge is -2.23. The number of piperidine rings is 1. The molecule has 2 N–H and O–H groups in total. The molecule has 1 unspecified atom stereocenters. The van der Waals surface area contributed by atoms with Crippen molar-refractivity contribution in [2.45, 2.75) is 51.0 Å². The van der Waals surface area contributed by atoms with Gasteiger partial charge in [0.15, 0.2) is 0 Å². The molecule has 2 aliphatic rings. The Morgan fingerprint density at radius 3 is 2.90 bits per heavy atom. The number of thiophene rings is 1. The standard InChI is InChI=1S/C15H20N2O2S/c18-14-7-6-11(9-16-14)17-15(19)13-8-10-4-2-1-3-5-12(10)20-13/h8,11H,1-7,9H2,(H,16,18)(H,17,19). The maximum atomic E-state index is 12.3. The smallest absolute Gasteiger partial charge is 0.261 e. The van der Waals surface area contributed by atoms with Crippen molar-refractivity contribution in [3.05, 3.63) is 21.4 Å². The number of hydrogen-bond acceptors (Lipinski definition) is 3. The van der Waals surface area contributed by atoms with Gasteiger partial charge in [-0.05, 0) is 43.7 Å². The second-order valence-corrected chi connectivity index (χ2v) is 6.77. The number of hydrogen-bond donors (Lipinski definition) is 2. The van der Waals surface area contributed by atoms with E-state index in [0.717, 1.165) is 24.1 Å². The molecule has 1 fully saturated rings. The summed E-state index contributed by atoms with van der Waals surface area (Å²) < 4.78 is 0. The minimum atomic E-state index is 0.0178. The van der Waals surface area contributed by atoms with Crippen LogP contribution in [0.2, 0.25) is 0 Å². The van der Waals surface area contributed by atoms with Crippen LogP contribution in [0.5, 0.6) is 0 Å². The highest BCUT2D eigenvalue weighted by atomic mass is 32.1. The third kappa shape index (κ3) is 3.03. The van der Waals surface area contributed by atoms with Gasteiger partial charge < -0.3 is 10.6 Å². The average molecular weight is 292 g/mol. The van der Waals surface area contributed by atoms with Gasteiger partial charge >= 0.3 is 0 Å². The van der Waals surface area contributed by atoms with E-state index < -0.39 is 0 Å². The number of carbonyl (C=O) groups is 2. The third-order valence-corrected chi connectivity index (χ3v) is 5.31. The van der Waals surface area contributed by atoms with Crippen molar-refractivity contribution in [3.63, 3.8) is 0 Å². The maximum Gasteiger partial charge on any atom is 0.261 e. The Morgan fingerprint density at radius 2 is 2.10 bits per heavy atom. The summed E-state index contributed by atoms with van der Waals surface area (Å²) >= 11 is 1.65. The molecule has 1 aliphatic carbocycles. The molecule has 0 bridgehead atoms. The van der Waals surface area contributed by atoms with E-state index in [9.17, 15) is 9.59 Å². The predicted molar refractivity (Wildman–Crippen MR) is 79.1 cm³/mol. The minimum Gasteiger partial charge on any atom is -0.354 e. The first-order valence-corrected chi connectivity index (χ1v) is 8.23. The summed E-state index contributed by atoms with van der Waals surface area (Å²) in [6.07, 6.45) is 7.24. The van der Waals surface area contributed by atoms with E-state index in [1.54, 1.807) is 11.3 Å². The highest BCUT2D eigenvalue weighted by Crippen LogP contribution is 2.29. The van der Waals surface area contributed by atoms with Gasteiger partial charge in [-0.2, -0.15) is 0 Å². The lowest BCUT2D eigenvalue weighted by Crippen LogP contribution is -2.47. The molecule has 3 rings (SSSR count). The summed E-state index contributed by atoms with van der Waals surface area (Å²) in [4.78, 5) is 25.6. The molecular formula is C15H20N2O2S. The fourth-order valence-corrected chi connectivity index (χ4v) is 4.05. The molecule has 1 atom stereocenters. The van der Waals surface area contributed by atoms with Crippen LogP contribution in [0.4, 0.5) is 0 Å². The van der Waals surface area contributed by atoms with Crippen LogP contribution in [0.3, 0.4) is 0 Å². The lowest BCUT2D eigenvalue weighted by atomic mass is 10.1. The van der Waals surface area contributed by atoms with E-state index in [0.29, 0.717) is 13.0 Å². The van der Waals surface area contributed by atoms with Crippen LogP contribution >= 0.6 is 11.3 Å². The minimum absolute atomic E-state index is 0.0178. The fraction of sp³-hybridized carbons (Fsp3) is 0.600. The predicted octanol–water partition coefficient (Wildman–Crippen LogP) is 2.03. The molecule has 4 nitrogen and oxygen atoms in total. The Balaban J connectivity index is 1.64. The first-order valence-electron chi connectivity index (χ1n) is 7.41. The van der Waals surface area contributed by atoms with E-state index in [1.807, 2.05) is 0 Å². The van der Waals surface area contributed by atoms with E-state index in [4.69, 9.17) is 0 Å². The molecule has 0 spiro atoms. The number of fused-ring (bicyclic) bond motifs is 1. The molecule has 5 heteroatoms. The Bertz CT molecular complexity index is 490. The Morgan fingerprint density at radius 1 is 1.25 bits per heavy atom. The molecule has 1 saturated heterocycles. The maximum absolute atomic E-state index is 12.3. The molecule has 0 aromatic carbocycles. The molecule has 20 heavy (non-hydrogen) atoms. The zero-order valence-corrected chi connectivity index (χ0v) is 12.4. The molecular weight excluding hydrogens is 272 g/mol. The number of aryl methyl sites for hydroxylation is 2. The van der Waals surface area contributed by atoms with Crippen LogP contribution in [0.15, 0.2) is 6.07 Å². The Labute approximate surface area is 122 Å². The van der Waals surface area contributed by atoms with Gasteiger partial charge in [0.1, 0.15) is 0 Å².